The summed E-state index contributed by atoms with van der Waals surface area (Å²) in [6, 6.07) is 8.35. The van der Waals surface area contributed by atoms with Crippen molar-refractivity contribution in [2.45, 2.75) is 11.1 Å². The van der Waals surface area contributed by atoms with Gasteiger partial charge in [-0.15, -0.1) is 12.6 Å². The number of primary amides is 1. The van der Waals surface area contributed by atoms with Gasteiger partial charge in [0.25, 0.3) is 5.91 Å². The molecule has 7 heteroatoms. The molecular weight excluding hydrogens is 303 g/mol. The van der Waals surface area contributed by atoms with Crippen molar-refractivity contribution in [3.8, 4) is 16.9 Å². The zero-order chi connectivity index (χ0) is 15.8. The molecule has 110 valence electrons. The van der Waals surface area contributed by atoms with Crippen LogP contribution in [0.1, 0.15) is 15.9 Å². The van der Waals surface area contributed by atoms with E-state index >= 15 is 0 Å². The molecule has 2 aromatic rings. The zero-order valence-electron chi connectivity index (χ0n) is 10.5. The van der Waals surface area contributed by atoms with Crippen molar-refractivity contribution in [2.75, 3.05) is 0 Å². The Balaban J connectivity index is 2.86. The van der Waals surface area contributed by atoms with Crippen LogP contribution in [0.3, 0.4) is 0 Å². The first kappa shape index (κ1) is 15.2. The standard InChI is InChI=1S/C14H10F3NO2S/c15-14(16,17)9-6-8(13(18)20)11(19)10(12(9)21)7-4-2-1-3-5-7/h1-6,19,21H,(H2,18,20). The van der Waals surface area contributed by atoms with Crippen molar-refractivity contribution >= 4 is 18.5 Å². The van der Waals surface area contributed by atoms with E-state index in [1.807, 2.05) is 0 Å². The van der Waals surface area contributed by atoms with Crippen LogP contribution in [0.2, 0.25) is 0 Å². The smallest absolute Gasteiger partial charge is 0.417 e. The maximum absolute atomic E-state index is 13.0. The molecule has 0 radical (unpaired) electrons. The van der Waals surface area contributed by atoms with Gasteiger partial charge in [-0.2, -0.15) is 13.2 Å². The topological polar surface area (TPSA) is 63.3 Å². The van der Waals surface area contributed by atoms with Gasteiger partial charge >= 0.3 is 6.18 Å². The Labute approximate surface area is 123 Å². The van der Waals surface area contributed by atoms with Gasteiger partial charge < -0.3 is 10.8 Å². The molecule has 3 nitrogen and oxygen atoms in total. The number of halogens is 3. The first-order chi connectivity index (χ1) is 9.73. The number of carbonyl (C=O) groups is 1. The molecule has 0 aromatic heterocycles. The van der Waals surface area contributed by atoms with Gasteiger partial charge in [0.2, 0.25) is 0 Å². The van der Waals surface area contributed by atoms with E-state index in [1.54, 1.807) is 18.2 Å². The summed E-state index contributed by atoms with van der Waals surface area (Å²) in [7, 11) is 0. The third-order valence-electron chi connectivity index (χ3n) is 2.91. The number of phenols is 1. The minimum atomic E-state index is -4.72. The lowest BCUT2D eigenvalue weighted by Gasteiger charge is -2.17. The average Bonchev–Trinajstić information content (AvgIpc) is 2.38. The normalized spacial score (nSPS) is 11.4. The number of carbonyl (C=O) groups excluding carboxylic acids is 1. The number of rotatable bonds is 2. The molecule has 0 bridgehead atoms. The molecule has 2 rings (SSSR count). The Kier molecular flexibility index (Phi) is 3.87. The minimum absolute atomic E-state index is 0.178. The Bertz CT molecular complexity index is 700. The van der Waals surface area contributed by atoms with E-state index in [1.165, 1.54) is 12.1 Å². The summed E-state index contributed by atoms with van der Waals surface area (Å²) in [6.45, 7) is 0. The molecule has 1 amide bonds. The second kappa shape index (κ2) is 5.33. The quantitative estimate of drug-likeness (QED) is 0.743. The highest BCUT2D eigenvalue weighted by molar-refractivity contribution is 7.80. The molecule has 2 aromatic carbocycles. The predicted molar refractivity (Wildman–Crippen MR) is 74.3 cm³/mol. The lowest BCUT2D eigenvalue weighted by atomic mass is 9.97. The summed E-state index contributed by atoms with van der Waals surface area (Å²) in [5, 5.41) is 10.1. The van der Waals surface area contributed by atoms with Gasteiger partial charge in [-0.05, 0) is 11.6 Å². The van der Waals surface area contributed by atoms with E-state index in [0.29, 0.717) is 11.6 Å². The van der Waals surface area contributed by atoms with Crippen LogP contribution >= 0.6 is 12.6 Å². The fourth-order valence-electron chi connectivity index (χ4n) is 1.94. The van der Waals surface area contributed by atoms with E-state index in [0.717, 1.165) is 0 Å². The molecule has 21 heavy (non-hydrogen) atoms. The molecule has 0 spiro atoms. The lowest BCUT2D eigenvalue weighted by molar-refractivity contribution is -0.139. The summed E-state index contributed by atoms with van der Waals surface area (Å²) in [4.78, 5) is 10.8. The molecule has 0 saturated carbocycles. The lowest BCUT2D eigenvalue weighted by Crippen LogP contribution is -2.15. The van der Waals surface area contributed by atoms with Crippen molar-refractivity contribution in [3.05, 3.63) is 47.5 Å². The maximum Gasteiger partial charge on any atom is 0.417 e. The number of amides is 1. The van der Waals surface area contributed by atoms with Gasteiger partial charge in [0.15, 0.2) is 0 Å². The van der Waals surface area contributed by atoms with Gasteiger partial charge in [0.1, 0.15) is 5.75 Å². The SMILES string of the molecule is NC(=O)c1cc(C(F)(F)F)c(S)c(-c2ccccc2)c1O. The second-order valence-electron chi connectivity index (χ2n) is 4.27. The van der Waals surface area contributed by atoms with Crippen LogP contribution < -0.4 is 5.73 Å². The largest absolute Gasteiger partial charge is 0.506 e. The highest BCUT2D eigenvalue weighted by Crippen LogP contribution is 2.44. The molecule has 0 unspecified atom stereocenters. The Morgan fingerprint density at radius 1 is 1.19 bits per heavy atom. The third-order valence-corrected chi connectivity index (χ3v) is 3.37. The van der Waals surface area contributed by atoms with Crippen LogP contribution in [-0.4, -0.2) is 11.0 Å². The van der Waals surface area contributed by atoms with Crippen molar-refractivity contribution < 1.29 is 23.1 Å². The van der Waals surface area contributed by atoms with Gasteiger partial charge in [-0.25, -0.2) is 0 Å². The van der Waals surface area contributed by atoms with E-state index < -0.39 is 33.9 Å². The van der Waals surface area contributed by atoms with E-state index in [4.69, 9.17) is 5.73 Å². The predicted octanol–water partition coefficient (Wildman–Crippen LogP) is 3.47. The first-order valence-corrected chi connectivity index (χ1v) is 6.19. The van der Waals surface area contributed by atoms with Crippen LogP contribution in [0.4, 0.5) is 13.2 Å². The molecule has 3 N–H and O–H groups in total. The third kappa shape index (κ3) is 2.82. The Morgan fingerprint density at radius 2 is 1.76 bits per heavy atom. The Hall–Kier alpha value is -2.15. The van der Waals surface area contributed by atoms with Gasteiger partial charge in [-0.3, -0.25) is 4.79 Å². The summed E-state index contributed by atoms with van der Waals surface area (Å²) in [5.41, 5.74) is 3.43. The fraction of sp³-hybridized carbons (Fsp3) is 0.0714. The number of benzene rings is 2. The summed E-state index contributed by atoms with van der Waals surface area (Å²) in [5.74, 6) is -1.77. The summed E-state index contributed by atoms with van der Waals surface area (Å²) in [6.07, 6.45) is -4.72. The number of thiol groups is 1. The van der Waals surface area contributed by atoms with E-state index in [2.05, 4.69) is 12.6 Å². The number of hydrogen-bond donors (Lipinski definition) is 3. The van der Waals surface area contributed by atoms with Crippen LogP contribution in [0.25, 0.3) is 11.1 Å². The van der Waals surface area contributed by atoms with Gasteiger partial charge in [0, 0.05) is 10.5 Å². The van der Waals surface area contributed by atoms with Crippen molar-refractivity contribution in [1.82, 2.24) is 0 Å². The average molecular weight is 313 g/mol. The minimum Gasteiger partial charge on any atom is -0.506 e. The first-order valence-electron chi connectivity index (χ1n) is 5.74. The number of nitrogens with two attached hydrogens (primary N) is 1. The van der Waals surface area contributed by atoms with Gasteiger partial charge in [0.05, 0.1) is 11.1 Å². The molecule has 0 aliphatic carbocycles. The molecule has 0 atom stereocenters. The van der Waals surface area contributed by atoms with Crippen LogP contribution in [0, 0.1) is 0 Å². The van der Waals surface area contributed by atoms with Crippen LogP contribution in [-0.2, 0) is 6.18 Å². The monoisotopic (exact) mass is 313 g/mol. The molecule has 0 fully saturated rings. The fourth-order valence-corrected chi connectivity index (χ4v) is 2.37. The van der Waals surface area contributed by atoms with Crippen molar-refractivity contribution in [3.63, 3.8) is 0 Å². The molecular formula is C14H10F3NO2S. The highest BCUT2D eigenvalue weighted by atomic mass is 32.1. The van der Waals surface area contributed by atoms with E-state index in [9.17, 15) is 23.1 Å². The van der Waals surface area contributed by atoms with Crippen molar-refractivity contribution in [1.29, 1.82) is 0 Å². The summed E-state index contributed by atoms with van der Waals surface area (Å²) >= 11 is 3.87. The molecule has 0 aliphatic rings. The second-order valence-corrected chi connectivity index (χ2v) is 4.72. The maximum atomic E-state index is 13.0. The van der Waals surface area contributed by atoms with Gasteiger partial charge in [-0.1, -0.05) is 30.3 Å². The van der Waals surface area contributed by atoms with E-state index in [-0.39, 0.29) is 5.56 Å². The Morgan fingerprint density at radius 3 is 2.24 bits per heavy atom. The molecule has 0 aliphatic heterocycles. The number of aromatic hydroxyl groups is 1. The number of hydrogen-bond acceptors (Lipinski definition) is 3. The molecule has 0 heterocycles. The summed E-state index contributed by atoms with van der Waals surface area (Å²) < 4.78 is 39.1. The zero-order valence-corrected chi connectivity index (χ0v) is 11.4. The van der Waals surface area contributed by atoms with Crippen LogP contribution in [0.5, 0.6) is 5.75 Å². The number of alkyl halides is 3. The molecule has 0 saturated heterocycles. The van der Waals surface area contributed by atoms with Crippen LogP contribution in [0.15, 0.2) is 41.3 Å². The van der Waals surface area contributed by atoms with Crippen molar-refractivity contribution in [2.24, 2.45) is 5.73 Å². The highest BCUT2D eigenvalue weighted by Gasteiger charge is 2.36.